The van der Waals surface area contributed by atoms with Gasteiger partial charge in [-0.25, -0.2) is 0 Å². The number of phosphoric acid groups is 1. The number of esters is 2. The van der Waals surface area contributed by atoms with Crippen LogP contribution in [0.15, 0.2) is 60.8 Å². The molecule has 9 nitrogen and oxygen atoms in total. The van der Waals surface area contributed by atoms with Gasteiger partial charge in [0.1, 0.15) is 19.8 Å². The van der Waals surface area contributed by atoms with Crippen LogP contribution in [-0.2, 0) is 32.7 Å². The zero-order chi connectivity index (χ0) is 40.7. The van der Waals surface area contributed by atoms with Gasteiger partial charge in [0, 0.05) is 12.8 Å². The standard InChI is InChI=1S/C45H80NO8P/c1-6-8-10-12-14-16-18-20-22-23-24-26-28-30-32-34-36-38-45(48)54-43(42-53-55(49,50)52-40-39-46(3,4)5)41-51-44(47)37-35-33-31-29-27-25-21-19-17-15-13-11-9-7-2/h8,10,14,16,19-22,24,26,43H,6-7,9,11-13,15,17-18,23,25,27-42H2,1-5H3/b10-8-,16-14-,21-19-,22-20-,26-24-. The van der Waals surface area contributed by atoms with Crippen molar-refractivity contribution in [2.24, 2.45) is 0 Å². The molecule has 0 saturated heterocycles. The van der Waals surface area contributed by atoms with Crippen molar-refractivity contribution in [3.05, 3.63) is 60.8 Å². The van der Waals surface area contributed by atoms with Gasteiger partial charge in [-0.2, -0.15) is 0 Å². The fourth-order valence-corrected chi connectivity index (χ4v) is 6.13. The molecule has 0 amide bonds. The van der Waals surface area contributed by atoms with Crippen LogP contribution < -0.4 is 4.89 Å². The lowest BCUT2D eigenvalue weighted by Gasteiger charge is -2.28. The van der Waals surface area contributed by atoms with Crippen molar-refractivity contribution < 1.29 is 42.1 Å². The Hall–Kier alpha value is -2.29. The summed E-state index contributed by atoms with van der Waals surface area (Å²) in [5, 5.41) is 0. The monoisotopic (exact) mass is 794 g/mol. The molecule has 0 aromatic carbocycles. The molecular weight excluding hydrogens is 713 g/mol. The van der Waals surface area contributed by atoms with E-state index in [4.69, 9.17) is 18.5 Å². The number of unbranched alkanes of at least 4 members (excludes halogenated alkanes) is 14. The van der Waals surface area contributed by atoms with E-state index in [1.807, 2.05) is 21.1 Å². The summed E-state index contributed by atoms with van der Waals surface area (Å²) in [7, 11) is 1.13. The third kappa shape index (κ3) is 41.2. The molecule has 0 aliphatic heterocycles. The zero-order valence-electron chi connectivity index (χ0n) is 35.6. The van der Waals surface area contributed by atoms with E-state index in [2.05, 4.69) is 74.6 Å². The molecule has 0 fully saturated rings. The predicted molar refractivity (Wildman–Crippen MR) is 226 cm³/mol. The Morgan fingerprint density at radius 2 is 1.04 bits per heavy atom. The first kappa shape index (κ1) is 52.7. The lowest BCUT2D eigenvalue weighted by atomic mass is 10.1. The van der Waals surface area contributed by atoms with E-state index >= 15 is 0 Å². The minimum atomic E-state index is -4.63. The summed E-state index contributed by atoms with van der Waals surface area (Å²) >= 11 is 0. The highest BCUT2D eigenvalue weighted by Gasteiger charge is 2.21. The highest BCUT2D eigenvalue weighted by Crippen LogP contribution is 2.38. The molecule has 0 bridgehead atoms. The minimum absolute atomic E-state index is 0.0398. The highest BCUT2D eigenvalue weighted by molar-refractivity contribution is 7.45. The number of carbonyl (C=O) groups excluding carboxylic acids is 2. The molecular formula is C45H80NO8P. The van der Waals surface area contributed by atoms with Crippen LogP contribution in [0, 0.1) is 0 Å². The molecule has 0 heterocycles. The second-order valence-electron chi connectivity index (χ2n) is 15.3. The van der Waals surface area contributed by atoms with Gasteiger partial charge in [0.05, 0.1) is 27.7 Å². The fraction of sp³-hybridized carbons (Fsp3) is 0.733. The number of ether oxygens (including phenoxy) is 2. The average Bonchev–Trinajstić information content (AvgIpc) is 3.13. The first-order valence-corrected chi connectivity index (χ1v) is 23.0. The van der Waals surface area contributed by atoms with Crippen molar-refractivity contribution in [1.82, 2.24) is 0 Å². The first-order valence-electron chi connectivity index (χ1n) is 21.5. The second-order valence-corrected chi connectivity index (χ2v) is 16.7. The van der Waals surface area contributed by atoms with Gasteiger partial charge < -0.3 is 27.9 Å². The van der Waals surface area contributed by atoms with E-state index in [1.165, 1.54) is 38.5 Å². The van der Waals surface area contributed by atoms with Crippen LogP contribution in [0.5, 0.6) is 0 Å². The van der Waals surface area contributed by atoms with Crippen LogP contribution in [0.25, 0.3) is 0 Å². The largest absolute Gasteiger partial charge is 0.756 e. The maximum Gasteiger partial charge on any atom is 0.306 e. The van der Waals surface area contributed by atoms with Crippen LogP contribution in [0.2, 0.25) is 0 Å². The molecule has 0 radical (unpaired) electrons. The fourth-order valence-electron chi connectivity index (χ4n) is 5.40. The lowest BCUT2D eigenvalue weighted by Crippen LogP contribution is -2.37. The second kappa shape index (κ2) is 37.3. The summed E-state index contributed by atoms with van der Waals surface area (Å²) in [6.07, 6.45) is 43.9. The molecule has 0 spiro atoms. The maximum atomic E-state index is 12.7. The molecule has 0 saturated carbocycles. The minimum Gasteiger partial charge on any atom is -0.756 e. The van der Waals surface area contributed by atoms with Gasteiger partial charge in [-0.05, 0) is 77.0 Å². The Labute approximate surface area is 336 Å². The molecule has 2 unspecified atom stereocenters. The molecule has 318 valence electrons. The van der Waals surface area contributed by atoms with Gasteiger partial charge in [-0.1, -0.05) is 132 Å². The molecule has 0 aliphatic rings. The predicted octanol–water partition coefficient (Wildman–Crippen LogP) is 11.4. The lowest BCUT2D eigenvalue weighted by molar-refractivity contribution is -0.870. The maximum absolute atomic E-state index is 12.7. The number of nitrogens with zero attached hydrogens (tertiary/aromatic N) is 1. The van der Waals surface area contributed by atoms with Crippen LogP contribution in [0.1, 0.15) is 162 Å². The van der Waals surface area contributed by atoms with Crippen molar-refractivity contribution in [3.8, 4) is 0 Å². The molecule has 2 atom stereocenters. The summed E-state index contributed by atoms with van der Waals surface area (Å²) in [5.41, 5.74) is 0. The Bertz CT molecular complexity index is 1120. The number of likely N-dealkylation sites (N-methyl/N-ethyl adjacent to an activating group) is 1. The zero-order valence-corrected chi connectivity index (χ0v) is 36.5. The molecule has 0 aromatic heterocycles. The Kier molecular flexibility index (Phi) is 35.7. The SMILES string of the molecule is CC/C=C\C/C=C\C/C=C\C/C=C\CCCCCCC(=O)OC(COC(=O)CCCCCCC/C=C\CCCCCCC)COP(=O)([O-])OCC[N+](C)(C)C. The summed E-state index contributed by atoms with van der Waals surface area (Å²) in [6, 6.07) is 0. The molecule has 10 heteroatoms. The van der Waals surface area contributed by atoms with E-state index in [9.17, 15) is 19.0 Å². The van der Waals surface area contributed by atoms with Crippen molar-refractivity contribution in [2.45, 2.75) is 168 Å². The summed E-state index contributed by atoms with van der Waals surface area (Å²) in [5.74, 6) is -0.877. The Morgan fingerprint density at radius 1 is 0.582 bits per heavy atom. The van der Waals surface area contributed by atoms with Crippen LogP contribution in [0.3, 0.4) is 0 Å². The smallest absolute Gasteiger partial charge is 0.306 e. The molecule has 0 aliphatic carbocycles. The number of hydrogen-bond donors (Lipinski definition) is 0. The van der Waals surface area contributed by atoms with Crippen molar-refractivity contribution >= 4 is 19.8 Å². The van der Waals surface area contributed by atoms with Crippen LogP contribution in [-0.4, -0.2) is 70.0 Å². The number of hydrogen-bond acceptors (Lipinski definition) is 8. The van der Waals surface area contributed by atoms with E-state index in [0.717, 1.165) is 83.5 Å². The summed E-state index contributed by atoms with van der Waals surface area (Å²) in [4.78, 5) is 37.5. The average molecular weight is 794 g/mol. The van der Waals surface area contributed by atoms with E-state index in [0.29, 0.717) is 23.9 Å². The van der Waals surface area contributed by atoms with Gasteiger partial charge in [0.25, 0.3) is 7.82 Å². The van der Waals surface area contributed by atoms with Crippen molar-refractivity contribution in [2.75, 3.05) is 47.5 Å². The number of rotatable bonds is 38. The van der Waals surface area contributed by atoms with Crippen molar-refractivity contribution in [3.63, 3.8) is 0 Å². The quantitative estimate of drug-likeness (QED) is 0.0200. The molecule has 0 aromatic rings. The first-order chi connectivity index (χ1) is 26.5. The third-order valence-corrected chi connectivity index (χ3v) is 9.74. The summed E-state index contributed by atoms with van der Waals surface area (Å²) < 4.78 is 33.8. The van der Waals surface area contributed by atoms with E-state index in [-0.39, 0.29) is 26.1 Å². The summed E-state index contributed by atoms with van der Waals surface area (Å²) in [6.45, 7) is 4.05. The van der Waals surface area contributed by atoms with Crippen molar-refractivity contribution in [1.29, 1.82) is 0 Å². The number of phosphoric ester groups is 1. The number of carbonyl (C=O) groups is 2. The molecule has 55 heavy (non-hydrogen) atoms. The van der Waals surface area contributed by atoms with Crippen LogP contribution >= 0.6 is 7.82 Å². The third-order valence-electron chi connectivity index (χ3n) is 8.77. The van der Waals surface area contributed by atoms with Gasteiger partial charge in [-0.15, -0.1) is 0 Å². The Morgan fingerprint density at radius 3 is 1.56 bits per heavy atom. The number of quaternary nitrogens is 1. The van der Waals surface area contributed by atoms with Gasteiger partial charge in [0.15, 0.2) is 6.10 Å². The topological polar surface area (TPSA) is 111 Å². The molecule has 0 rings (SSSR count). The number of allylic oxidation sites excluding steroid dienone is 10. The Balaban J connectivity index is 4.45. The van der Waals surface area contributed by atoms with Gasteiger partial charge in [0.2, 0.25) is 0 Å². The normalized spacial score (nSPS) is 14.2. The van der Waals surface area contributed by atoms with Crippen LogP contribution in [0.4, 0.5) is 0 Å². The van der Waals surface area contributed by atoms with Gasteiger partial charge >= 0.3 is 11.9 Å². The van der Waals surface area contributed by atoms with E-state index in [1.54, 1.807) is 0 Å². The molecule has 0 N–H and O–H groups in total. The van der Waals surface area contributed by atoms with E-state index < -0.39 is 32.5 Å². The highest BCUT2D eigenvalue weighted by atomic mass is 31.2. The van der Waals surface area contributed by atoms with Gasteiger partial charge in [-0.3, -0.25) is 14.2 Å².